The molecule has 0 aromatic carbocycles. The molecule has 1 saturated heterocycles. The van der Waals surface area contributed by atoms with E-state index in [1.165, 1.54) is 7.11 Å². The molecule has 4 heteroatoms. The van der Waals surface area contributed by atoms with E-state index in [1.807, 2.05) is 6.92 Å². The molecule has 1 heterocycles. The van der Waals surface area contributed by atoms with Crippen molar-refractivity contribution >= 4 is 18.4 Å². The van der Waals surface area contributed by atoms with Crippen LogP contribution < -0.4 is 5.32 Å². The van der Waals surface area contributed by atoms with Crippen molar-refractivity contribution in [1.29, 1.82) is 0 Å². The lowest BCUT2D eigenvalue weighted by atomic mass is 9.95. The minimum atomic E-state index is -0.366. The third-order valence-corrected chi connectivity index (χ3v) is 2.42. The molecule has 0 amide bonds. The number of carbonyl (C=O) groups excluding carboxylic acids is 1. The molecule has 1 atom stereocenters. The lowest BCUT2D eigenvalue weighted by Crippen LogP contribution is -2.47. The summed E-state index contributed by atoms with van der Waals surface area (Å²) < 4.78 is 4.73. The number of halogens is 1. The summed E-state index contributed by atoms with van der Waals surface area (Å²) in [4.78, 5) is 11.3. The monoisotopic (exact) mass is 193 g/mol. The minimum absolute atomic E-state index is 0. The van der Waals surface area contributed by atoms with Gasteiger partial charge in [0.05, 0.1) is 7.11 Å². The van der Waals surface area contributed by atoms with Gasteiger partial charge < -0.3 is 10.1 Å². The number of carbonyl (C=O) groups is 1. The first-order chi connectivity index (χ1) is 5.25. The molecule has 1 fully saturated rings. The summed E-state index contributed by atoms with van der Waals surface area (Å²) in [6, 6.07) is 0. The molecular formula is C8H16ClNO2. The predicted octanol–water partition coefficient (Wildman–Crippen LogP) is 1.11. The molecule has 1 aliphatic rings. The summed E-state index contributed by atoms with van der Waals surface area (Å²) in [6.07, 6.45) is 2.80. The summed E-state index contributed by atoms with van der Waals surface area (Å²) in [7, 11) is 1.44. The summed E-state index contributed by atoms with van der Waals surface area (Å²) >= 11 is 0. The van der Waals surface area contributed by atoms with E-state index in [0.29, 0.717) is 0 Å². The summed E-state index contributed by atoms with van der Waals surface area (Å²) in [5.74, 6) is -0.113. The fraction of sp³-hybridized carbons (Fsp3) is 0.875. The van der Waals surface area contributed by atoms with Gasteiger partial charge in [0.25, 0.3) is 0 Å². The molecule has 1 aliphatic heterocycles. The Kier molecular flexibility index (Phi) is 4.57. The van der Waals surface area contributed by atoms with Gasteiger partial charge in [-0.3, -0.25) is 4.79 Å². The van der Waals surface area contributed by atoms with Crippen LogP contribution in [0.4, 0.5) is 0 Å². The molecule has 1 unspecified atom stereocenters. The highest BCUT2D eigenvalue weighted by Crippen LogP contribution is 2.23. The van der Waals surface area contributed by atoms with Crippen molar-refractivity contribution in [1.82, 2.24) is 5.32 Å². The summed E-state index contributed by atoms with van der Waals surface area (Å²) in [6.45, 7) is 2.94. The Morgan fingerprint density at radius 2 is 2.33 bits per heavy atom. The van der Waals surface area contributed by atoms with Crippen molar-refractivity contribution in [3.63, 3.8) is 0 Å². The van der Waals surface area contributed by atoms with E-state index in [0.717, 1.165) is 25.8 Å². The standard InChI is InChI=1S/C8H15NO2.ClH/c1-3-8(7(10)11-2)5-4-6-9-8;/h9H,3-6H2,1-2H3;1H. The van der Waals surface area contributed by atoms with Gasteiger partial charge in [0, 0.05) is 0 Å². The zero-order chi connectivity index (χ0) is 8.32. The third-order valence-electron chi connectivity index (χ3n) is 2.42. The van der Waals surface area contributed by atoms with Crippen LogP contribution in [0.5, 0.6) is 0 Å². The van der Waals surface area contributed by atoms with Crippen LogP contribution in [0.2, 0.25) is 0 Å². The summed E-state index contributed by atoms with van der Waals surface area (Å²) in [5, 5.41) is 3.20. The van der Waals surface area contributed by atoms with E-state index in [-0.39, 0.29) is 23.9 Å². The van der Waals surface area contributed by atoms with Gasteiger partial charge in [-0.25, -0.2) is 0 Å². The number of rotatable bonds is 2. The average molecular weight is 194 g/mol. The van der Waals surface area contributed by atoms with E-state index in [2.05, 4.69) is 5.32 Å². The second-order valence-corrected chi connectivity index (χ2v) is 2.96. The normalized spacial score (nSPS) is 27.8. The number of nitrogens with one attached hydrogen (secondary N) is 1. The van der Waals surface area contributed by atoms with E-state index < -0.39 is 0 Å². The molecular weight excluding hydrogens is 178 g/mol. The van der Waals surface area contributed by atoms with Crippen LogP contribution in [0.1, 0.15) is 26.2 Å². The molecule has 0 radical (unpaired) electrons. The van der Waals surface area contributed by atoms with Gasteiger partial charge in [0.1, 0.15) is 5.54 Å². The Morgan fingerprint density at radius 1 is 1.67 bits per heavy atom. The van der Waals surface area contributed by atoms with Gasteiger partial charge in [0.2, 0.25) is 0 Å². The quantitative estimate of drug-likeness (QED) is 0.668. The van der Waals surface area contributed by atoms with Crippen LogP contribution in [-0.2, 0) is 9.53 Å². The Hall–Kier alpha value is -0.280. The first-order valence-corrected chi connectivity index (χ1v) is 4.08. The molecule has 1 N–H and O–H groups in total. The predicted molar refractivity (Wildman–Crippen MR) is 49.5 cm³/mol. The van der Waals surface area contributed by atoms with Crippen molar-refractivity contribution in [3.8, 4) is 0 Å². The highest BCUT2D eigenvalue weighted by atomic mass is 35.5. The Morgan fingerprint density at radius 3 is 2.67 bits per heavy atom. The Bertz CT molecular complexity index is 155. The number of ether oxygens (including phenoxy) is 1. The highest BCUT2D eigenvalue weighted by Gasteiger charge is 2.39. The Labute approximate surface area is 79.3 Å². The van der Waals surface area contributed by atoms with E-state index >= 15 is 0 Å². The van der Waals surface area contributed by atoms with Crippen molar-refractivity contribution in [3.05, 3.63) is 0 Å². The van der Waals surface area contributed by atoms with Crippen molar-refractivity contribution in [2.45, 2.75) is 31.7 Å². The largest absolute Gasteiger partial charge is 0.468 e. The number of esters is 1. The first kappa shape index (κ1) is 11.7. The van der Waals surface area contributed by atoms with Gasteiger partial charge >= 0.3 is 5.97 Å². The van der Waals surface area contributed by atoms with Crippen LogP contribution in [0.3, 0.4) is 0 Å². The molecule has 3 nitrogen and oxygen atoms in total. The maximum absolute atomic E-state index is 11.3. The van der Waals surface area contributed by atoms with Crippen LogP contribution in [0.15, 0.2) is 0 Å². The molecule has 0 spiro atoms. The highest BCUT2D eigenvalue weighted by molar-refractivity contribution is 5.85. The van der Waals surface area contributed by atoms with Crippen molar-refractivity contribution < 1.29 is 9.53 Å². The minimum Gasteiger partial charge on any atom is -0.468 e. The number of hydrogen-bond donors (Lipinski definition) is 1. The smallest absolute Gasteiger partial charge is 0.326 e. The van der Waals surface area contributed by atoms with Crippen LogP contribution >= 0.6 is 12.4 Å². The molecule has 0 aliphatic carbocycles. The maximum atomic E-state index is 11.3. The molecule has 72 valence electrons. The zero-order valence-electron chi connectivity index (χ0n) is 7.55. The third kappa shape index (κ3) is 1.90. The van der Waals surface area contributed by atoms with Gasteiger partial charge in [-0.2, -0.15) is 0 Å². The lowest BCUT2D eigenvalue weighted by Gasteiger charge is -2.24. The van der Waals surface area contributed by atoms with Gasteiger partial charge in [-0.1, -0.05) is 6.92 Å². The topological polar surface area (TPSA) is 38.3 Å². The van der Waals surface area contributed by atoms with Crippen LogP contribution in [-0.4, -0.2) is 25.2 Å². The lowest BCUT2D eigenvalue weighted by molar-refractivity contribution is -0.148. The van der Waals surface area contributed by atoms with Crippen LogP contribution in [0, 0.1) is 0 Å². The van der Waals surface area contributed by atoms with Gasteiger partial charge in [-0.05, 0) is 25.8 Å². The second kappa shape index (κ2) is 4.67. The maximum Gasteiger partial charge on any atom is 0.326 e. The SMILES string of the molecule is CCC1(C(=O)OC)CCCN1.Cl. The van der Waals surface area contributed by atoms with E-state index in [9.17, 15) is 4.79 Å². The average Bonchev–Trinajstić information content (AvgIpc) is 2.52. The van der Waals surface area contributed by atoms with Gasteiger partial charge in [0.15, 0.2) is 0 Å². The number of methoxy groups -OCH3 is 1. The van der Waals surface area contributed by atoms with Crippen molar-refractivity contribution in [2.24, 2.45) is 0 Å². The van der Waals surface area contributed by atoms with E-state index in [4.69, 9.17) is 4.74 Å². The Balaban J connectivity index is 0.00000121. The first-order valence-electron chi connectivity index (χ1n) is 4.08. The molecule has 12 heavy (non-hydrogen) atoms. The zero-order valence-corrected chi connectivity index (χ0v) is 8.37. The molecule has 0 saturated carbocycles. The van der Waals surface area contributed by atoms with E-state index in [1.54, 1.807) is 0 Å². The molecule has 0 aromatic heterocycles. The molecule has 0 aromatic rings. The summed E-state index contributed by atoms with van der Waals surface area (Å²) in [5.41, 5.74) is -0.366. The van der Waals surface area contributed by atoms with Crippen LogP contribution in [0.25, 0.3) is 0 Å². The fourth-order valence-electron chi connectivity index (χ4n) is 1.62. The molecule has 0 bridgehead atoms. The molecule has 1 rings (SSSR count). The fourth-order valence-corrected chi connectivity index (χ4v) is 1.62. The number of hydrogen-bond acceptors (Lipinski definition) is 3. The second-order valence-electron chi connectivity index (χ2n) is 2.96. The van der Waals surface area contributed by atoms with Crippen molar-refractivity contribution in [2.75, 3.05) is 13.7 Å². The van der Waals surface area contributed by atoms with Gasteiger partial charge in [-0.15, -0.1) is 12.4 Å².